The minimum atomic E-state index is -3.76. The van der Waals surface area contributed by atoms with Crippen molar-refractivity contribution in [2.45, 2.75) is 4.90 Å². The molecule has 0 amide bonds. The third-order valence-electron chi connectivity index (χ3n) is 4.39. The Morgan fingerprint density at radius 2 is 1.63 bits per heavy atom. The van der Waals surface area contributed by atoms with E-state index in [1.54, 1.807) is 24.3 Å². The van der Waals surface area contributed by atoms with Gasteiger partial charge in [0.2, 0.25) is 0 Å². The first-order chi connectivity index (χ1) is 13.0. The summed E-state index contributed by atoms with van der Waals surface area (Å²) in [6.45, 7) is 0. The van der Waals surface area contributed by atoms with Crippen LogP contribution < -0.4 is 19.1 Å². The largest absolute Gasteiger partial charge is 0.497 e. The molecule has 7 heteroatoms. The van der Waals surface area contributed by atoms with Crippen molar-refractivity contribution < 1.29 is 17.9 Å². The summed E-state index contributed by atoms with van der Waals surface area (Å²) < 4.78 is 39.4. The summed E-state index contributed by atoms with van der Waals surface area (Å²) in [4.78, 5) is 2.07. The number of nitrogens with one attached hydrogen (secondary N) is 1. The van der Waals surface area contributed by atoms with Gasteiger partial charge in [0.1, 0.15) is 11.4 Å². The third-order valence-corrected chi connectivity index (χ3v) is 5.78. The van der Waals surface area contributed by atoms with Crippen LogP contribution >= 0.6 is 0 Å². The van der Waals surface area contributed by atoms with E-state index >= 15 is 0 Å². The predicted molar refractivity (Wildman–Crippen MR) is 105 cm³/mol. The second-order valence-corrected chi connectivity index (χ2v) is 7.74. The first-order valence-corrected chi connectivity index (χ1v) is 9.78. The van der Waals surface area contributed by atoms with Crippen molar-refractivity contribution in [3.05, 3.63) is 66.7 Å². The molecule has 6 nitrogen and oxygen atoms in total. The lowest BCUT2D eigenvalue weighted by Crippen LogP contribution is -2.20. The Kier molecular flexibility index (Phi) is 4.16. The molecule has 0 spiro atoms. The highest BCUT2D eigenvalue weighted by Crippen LogP contribution is 2.49. The van der Waals surface area contributed by atoms with Crippen LogP contribution in [0.3, 0.4) is 0 Å². The maximum Gasteiger partial charge on any atom is 0.261 e. The molecule has 1 N–H and O–H groups in total. The lowest BCUT2D eigenvalue weighted by atomic mass is 10.1. The van der Waals surface area contributed by atoms with Crippen LogP contribution in [0.25, 0.3) is 0 Å². The van der Waals surface area contributed by atoms with E-state index in [4.69, 9.17) is 9.47 Å². The second kappa shape index (κ2) is 6.51. The Labute approximate surface area is 158 Å². The summed E-state index contributed by atoms with van der Waals surface area (Å²) in [5.74, 6) is 1.91. The molecule has 0 bridgehead atoms. The second-order valence-electron chi connectivity index (χ2n) is 6.06. The zero-order valence-electron chi connectivity index (χ0n) is 14.8. The number of nitrogens with zero attached hydrogens (tertiary/aromatic N) is 1. The van der Waals surface area contributed by atoms with Gasteiger partial charge >= 0.3 is 0 Å². The van der Waals surface area contributed by atoms with E-state index in [1.807, 2.05) is 42.3 Å². The molecule has 0 unspecified atom stereocenters. The number of fused-ring (bicyclic) bond motifs is 2. The molecule has 0 atom stereocenters. The molecule has 0 saturated heterocycles. The fourth-order valence-corrected chi connectivity index (χ4v) is 4.12. The number of benzene rings is 3. The summed E-state index contributed by atoms with van der Waals surface area (Å²) in [6.07, 6.45) is 0. The molecule has 0 fully saturated rings. The lowest BCUT2D eigenvalue weighted by Gasteiger charge is -2.31. The van der Waals surface area contributed by atoms with Gasteiger partial charge in [0.15, 0.2) is 11.5 Å². The van der Waals surface area contributed by atoms with Crippen LogP contribution in [-0.2, 0) is 10.0 Å². The van der Waals surface area contributed by atoms with E-state index in [0.29, 0.717) is 22.9 Å². The van der Waals surface area contributed by atoms with E-state index in [1.165, 1.54) is 19.2 Å². The number of para-hydroxylation sites is 3. The predicted octanol–water partition coefficient (Wildman–Crippen LogP) is 4.37. The highest BCUT2D eigenvalue weighted by atomic mass is 32.2. The molecule has 1 aliphatic rings. The Morgan fingerprint density at radius 1 is 0.926 bits per heavy atom. The van der Waals surface area contributed by atoms with E-state index in [0.717, 1.165) is 11.4 Å². The van der Waals surface area contributed by atoms with Gasteiger partial charge in [0.25, 0.3) is 10.0 Å². The molecule has 1 heterocycles. The summed E-state index contributed by atoms with van der Waals surface area (Å²) >= 11 is 0. The number of anilines is 3. The molecular formula is C20H18N2O4S. The molecule has 1 aliphatic heterocycles. The van der Waals surface area contributed by atoms with Gasteiger partial charge in [-0.2, -0.15) is 0 Å². The Morgan fingerprint density at radius 3 is 2.37 bits per heavy atom. The first-order valence-electron chi connectivity index (χ1n) is 8.30. The molecule has 3 aromatic rings. The van der Waals surface area contributed by atoms with Gasteiger partial charge in [0, 0.05) is 7.05 Å². The standard InChI is InChI=1S/C20H18N2O4S/c1-22-17-7-3-4-8-18(17)26-19-9-5-6-16(20(19)22)21-27(23,24)15-12-10-14(25-2)11-13-15/h3-13,21H,1-2H3. The number of rotatable bonds is 4. The highest BCUT2D eigenvalue weighted by molar-refractivity contribution is 7.92. The van der Waals surface area contributed by atoms with Gasteiger partial charge in [-0.3, -0.25) is 4.72 Å². The van der Waals surface area contributed by atoms with Gasteiger partial charge < -0.3 is 14.4 Å². The van der Waals surface area contributed by atoms with Crippen molar-refractivity contribution in [1.82, 2.24) is 0 Å². The zero-order chi connectivity index (χ0) is 19.0. The van der Waals surface area contributed by atoms with Crippen molar-refractivity contribution >= 4 is 27.1 Å². The first kappa shape index (κ1) is 17.2. The van der Waals surface area contributed by atoms with Gasteiger partial charge in [-0.15, -0.1) is 0 Å². The molecule has 3 aromatic carbocycles. The van der Waals surface area contributed by atoms with Crippen molar-refractivity contribution in [1.29, 1.82) is 0 Å². The fraction of sp³-hybridized carbons (Fsp3) is 0.100. The molecule has 0 saturated carbocycles. The Balaban J connectivity index is 1.72. The average Bonchev–Trinajstić information content (AvgIpc) is 2.68. The molecule has 0 radical (unpaired) electrons. The van der Waals surface area contributed by atoms with E-state index in [2.05, 4.69) is 4.72 Å². The molecule has 0 aliphatic carbocycles. The zero-order valence-corrected chi connectivity index (χ0v) is 15.7. The molecule has 0 aromatic heterocycles. The van der Waals surface area contributed by atoms with Crippen LogP contribution in [0.4, 0.5) is 17.1 Å². The quantitative estimate of drug-likeness (QED) is 0.726. The molecular weight excluding hydrogens is 364 g/mol. The SMILES string of the molecule is COc1ccc(S(=O)(=O)Nc2cccc3c2N(C)c2ccccc2O3)cc1. The average molecular weight is 382 g/mol. The summed E-state index contributed by atoms with van der Waals surface area (Å²) in [7, 11) is -0.347. The van der Waals surface area contributed by atoms with Crippen LogP contribution in [0.5, 0.6) is 17.2 Å². The maximum absolute atomic E-state index is 12.8. The van der Waals surface area contributed by atoms with Crippen LogP contribution in [0, 0.1) is 0 Å². The van der Waals surface area contributed by atoms with Crippen LogP contribution in [0.15, 0.2) is 71.6 Å². The number of hydrogen-bond acceptors (Lipinski definition) is 5. The lowest BCUT2D eigenvalue weighted by molar-refractivity contribution is 0.414. The molecule has 4 rings (SSSR count). The van der Waals surface area contributed by atoms with E-state index in [9.17, 15) is 8.42 Å². The maximum atomic E-state index is 12.8. The summed E-state index contributed by atoms with van der Waals surface area (Å²) in [5, 5.41) is 0. The van der Waals surface area contributed by atoms with Gasteiger partial charge in [-0.25, -0.2) is 8.42 Å². The van der Waals surface area contributed by atoms with Crippen molar-refractivity contribution in [2.75, 3.05) is 23.8 Å². The molecule has 27 heavy (non-hydrogen) atoms. The third kappa shape index (κ3) is 3.06. The number of methoxy groups -OCH3 is 1. The topological polar surface area (TPSA) is 67.9 Å². The number of sulfonamides is 1. The van der Waals surface area contributed by atoms with E-state index < -0.39 is 10.0 Å². The van der Waals surface area contributed by atoms with E-state index in [-0.39, 0.29) is 4.90 Å². The highest BCUT2D eigenvalue weighted by Gasteiger charge is 2.26. The molecule has 138 valence electrons. The fourth-order valence-electron chi connectivity index (χ4n) is 3.05. The van der Waals surface area contributed by atoms with Gasteiger partial charge in [-0.1, -0.05) is 18.2 Å². The Bertz CT molecular complexity index is 1100. The van der Waals surface area contributed by atoms with Crippen molar-refractivity contribution in [3.8, 4) is 17.2 Å². The number of ether oxygens (including phenoxy) is 2. The minimum Gasteiger partial charge on any atom is -0.497 e. The van der Waals surface area contributed by atoms with Gasteiger partial charge in [0.05, 0.1) is 23.4 Å². The van der Waals surface area contributed by atoms with Gasteiger partial charge in [-0.05, 0) is 48.5 Å². The van der Waals surface area contributed by atoms with Crippen LogP contribution in [-0.4, -0.2) is 22.6 Å². The summed E-state index contributed by atoms with van der Waals surface area (Å²) in [6, 6.07) is 19.1. The monoisotopic (exact) mass is 382 g/mol. The summed E-state index contributed by atoms with van der Waals surface area (Å²) in [5.41, 5.74) is 1.97. The minimum absolute atomic E-state index is 0.153. The normalized spacial score (nSPS) is 12.6. The van der Waals surface area contributed by atoms with Crippen LogP contribution in [0.2, 0.25) is 0 Å². The van der Waals surface area contributed by atoms with Crippen LogP contribution in [0.1, 0.15) is 0 Å². The van der Waals surface area contributed by atoms with Crippen molar-refractivity contribution in [3.63, 3.8) is 0 Å². The Hall–Kier alpha value is -3.19. The van der Waals surface area contributed by atoms with Crippen molar-refractivity contribution in [2.24, 2.45) is 0 Å². The smallest absolute Gasteiger partial charge is 0.261 e. The number of hydrogen-bond donors (Lipinski definition) is 1.